The van der Waals surface area contributed by atoms with Crippen molar-refractivity contribution >= 4 is 41.7 Å². The molecule has 0 aromatic heterocycles. The molecule has 2 aliphatic rings. The quantitative estimate of drug-likeness (QED) is 0.113. The highest BCUT2D eigenvalue weighted by Gasteiger charge is 2.48. The highest BCUT2D eigenvalue weighted by molar-refractivity contribution is 5.95. The molecule has 4 atom stereocenters. The fourth-order valence-corrected chi connectivity index (χ4v) is 7.77. The van der Waals surface area contributed by atoms with E-state index in [0.29, 0.717) is 51.1 Å². The van der Waals surface area contributed by atoms with Crippen molar-refractivity contribution in [3.8, 4) is 0 Å². The Balaban J connectivity index is 1.50. The van der Waals surface area contributed by atoms with E-state index in [-0.39, 0.29) is 48.8 Å². The zero-order valence-corrected chi connectivity index (χ0v) is 36.5. The van der Waals surface area contributed by atoms with Gasteiger partial charge in [0.25, 0.3) is 0 Å². The van der Waals surface area contributed by atoms with Gasteiger partial charge in [0, 0.05) is 57.9 Å². The van der Waals surface area contributed by atoms with Crippen LogP contribution >= 0.6 is 0 Å². The molecule has 16 nitrogen and oxygen atoms in total. The monoisotopic (exact) mass is 847 g/mol. The van der Waals surface area contributed by atoms with Gasteiger partial charge in [0.15, 0.2) is 0 Å². The number of alkyl carbamates (subject to hydrolysis) is 1. The van der Waals surface area contributed by atoms with E-state index in [1.54, 1.807) is 87.2 Å². The number of carbonyl (C=O) groups excluding carboxylic acids is 6. The molecule has 0 aliphatic carbocycles. The average molecular weight is 848 g/mol. The van der Waals surface area contributed by atoms with Crippen LogP contribution in [-0.4, -0.2) is 119 Å². The Morgan fingerprint density at radius 2 is 1.20 bits per heavy atom. The Kier molecular flexibility index (Phi) is 17.5. The zero-order chi connectivity index (χ0) is 44.7. The summed E-state index contributed by atoms with van der Waals surface area (Å²) in [4.78, 5) is 95.7. The summed E-state index contributed by atoms with van der Waals surface area (Å²) in [6.45, 7) is 13.3. The molecule has 2 aromatic carbocycles. The Morgan fingerprint density at radius 1 is 0.705 bits per heavy atom. The maximum absolute atomic E-state index is 14.2. The molecule has 1 spiro atoms. The molecule has 61 heavy (non-hydrogen) atoms. The number of hydrogen-bond donors (Lipinski definition) is 6. The van der Waals surface area contributed by atoms with E-state index in [2.05, 4.69) is 26.6 Å². The van der Waals surface area contributed by atoms with Crippen molar-refractivity contribution in [3.63, 3.8) is 0 Å². The molecule has 2 heterocycles. The van der Waals surface area contributed by atoms with Crippen LogP contribution in [0.15, 0.2) is 60.7 Å². The predicted molar refractivity (Wildman–Crippen MR) is 229 cm³/mol. The lowest BCUT2D eigenvalue weighted by Gasteiger charge is -2.54. The lowest BCUT2D eigenvalue weighted by atomic mass is 9.71. The SMILES string of the molecule is CC(=O)N1CCC2(CC1)CN(C(=O)C(CCCCNC(=O)OC(C)(C)C)NC(=O)C(CC(C)C)NC(=O)C(Cc1ccccc1)NC(=O)C(Cc1ccccc1)NC(=O)O)C2. The standard InChI is InChI=1S/C45H65N7O9/c1-30(2)25-35(48-39(55)36(26-32-15-9-7-10-16-32)49-40(56)37(50-42(58)59)27-33-17-11-8-12-18-33)38(54)47-34(19-13-14-22-46-43(60)61-44(4,5)6)41(57)52-28-45(29-52)20-23-51(24-21-45)31(3)53/h7-12,15-18,30,34-37,50H,13-14,19-29H2,1-6H3,(H,46,60)(H,47,54)(H,48,55)(H,49,56)(H,58,59). The minimum atomic E-state index is -1.40. The molecule has 16 heteroatoms. The number of amides is 7. The summed E-state index contributed by atoms with van der Waals surface area (Å²) >= 11 is 0. The lowest BCUT2D eigenvalue weighted by molar-refractivity contribution is -0.153. The highest BCUT2D eigenvalue weighted by Crippen LogP contribution is 2.41. The van der Waals surface area contributed by atoms with E-state index in [1.807, 2.05) is 24.8 Å². The minimum absolute atomic E-state index is 0.0327. The molecule has 4 unspecified atom stereocenters. The number of likely N-dealkylation sites (tertiary alicyclic amines) is 2. The Morgan fingerprint density at radius 3 is 1.69 bits per heavy atom. The van der Waals surface area contributed by atoms with E-state index in [9.17, 15) is 38.7 Å². The third-order valence-corrected chi connectivity index (χ3v) is 11.0. The van der Waals surface area contributed by atoms with Crippen molar-refractivity contribution in [2.45, 2.75) is 123 Å². The summed E-state index contributed by atoms with van der Waals surface area (Å²) in [6.07, 6.45) is 1.21. The van der Waals surface area contributed by atoms with E-state index in [0.717, 1.165) is 18.4 Å². The highest BCUT2D eigenvalue weighted by atomic mass is 16.6. The van der Waals surface area contributed by atoms with Gasteiger partial charge in [-0.05, 0) is 76.3 Å². The molecule has 334 valence electrons. The number of carbonyl (C=O) groups is 7. The first-order chi connectivity index (χ1) is 28.8. The lowest BCUT2D eigenvalue weighted by Crippen LogP contribution is -2.65. The molecule has 6 N–H and O–H groups in total. The Labute approximate surface area is 359 Å². The summed E-state index contributed by atoms with van der Waals surface area (Å²) in [5.41, 5.74) is 0.703. The van der Waals surface area contributed by atoms with E-state index in [1.165, 1.54) is 0 Å². The number of benzene rings is 2. The maximum atomic E-state index is 14.2. The van der Waals surface area contributed by atoms with Crippen molar-refractivity contribution in [3.05, 3.63) is 71.8 Å². The maximum Gasteiger partial charge on any atom is 0.407 e. The van der Waals surface area contributed by atoms with Gasteiger partial charge in [0.05, 0.1) is 0 Å². The Bertz CT molecular complexity index is 1800. The number of piperidine rings is 1. The van der Waals surface area contributed by atoms with Crippen molar-refractivity contribution in [2.75, 3.05) is 32.7 Å². The number of nitrogens with one attached hydrogen (secondary N) is 5. The van der Waals surface area contributed by atoms with Crippen LogP contribution in [0.3, 0.4) is 0 Å². The summed E-state index contributed by atoms with van der Waals surface area (Å²) in [6, 6.07) is 13.5. The van der Waals surface area contributed by atoms with Gasteiger partial charge in [-0.25, -0.2) is 9.59 Å². The summed E-state index contributed by atoms with van der Waals surface area (Å²) in [5.74, 6) is -2.19. The summed E-state index contributed by atoms with van der Waals surface area (Å²) < 4.78 is 5.32. The first kappa shape index (κ1) is 48.0. The second-order valence-corrected chi connectivity index (χ2v) is 17.8. The topological polar surface area (TPSA) is 216 Å². The number of ether oxygens (including phenoxy) is 1. The van der Waals surface area contributed by atoms with Gasteiger partial charge >= 0.3 is 12.2 Å². The predicted octanol–water partition coefficient (Wildman–Crippen LogP) is 3.77. The number of nitrogens with zero attached hydrogens (tertiary/aromatic N) is 2. The molecule has 2 aromatic rings. The fourth-order valence-electron chi connectivity index (χ4n) is 7.77. The molecule has 2 saturated heterocycles. The molecule has 0 bridgehead atoms. The first-order valence-electron chi connectivity index (χ1n) is 21.3. The van der Waals surface area contributed by atoms with Crippen LogP contribution in [0.5, 0.6) is 0 Å². The molecule has 2 aliphatic heterocycles. The van der Waals surface area contributed by atoms with Gasteiger partial charge in [-0.2, -0.15) is 0 Å². The molecule has 2 fully saturated rings. The smallest absolute Gasteiger partial charge is 0.407 e. The van der Waals surface area contributed by atoms with Gasteiger partial charge in [-0.3, -0.25) is 24.0 Å². The summed E-state index contributed by atoms with van der Waals surface area (Å²) in [7, 11) is 0. The van der Waals surface area contributed by atoms with Gasteiger partial charge in [-0.1, -0.05) is 74.5 Å². The van der Waals surface area contributed by atoms with E-state index < -0.39 is 59.7 Å². The van der Waals surface area contributed by atoms with Gasteiger partial charge in [0.2, 0.25) is 29.5 Å². The number of carboxylic acid groups (broad SMARTS) is 1. The third-order valence-electron chi connectivity index (χ3n) is 11.0. The van der Waals surface area contributed by atoms with Gasteiger partial charge < -0.3 is 46.2 Å². The normalized spacial score (nSPS) is 16.6. The average Bonchev–Trinajstić information content (AvgIpc) is 3.18. The molecule has 0 radical (unpaired) electrons. The molecular weight excluding hydrogens is 783 g/mol. The largest absolute Gasteiger partial charge is 0.465 e. The molecule has 7 amide bonds. The van der Waals surface area contributed by atoms with Gasteiger partial charge in [0.1, 0.15) is 29.8 Å². The van der Waals surface area contributed by atoms with E-state index >= 15 is 0 Å². The molecule has 0 saturated carbocycles. The number of rotatable bonds is 19. The van der Waals surface area contributed by atoms with Crippen LogP contribution in [0.1, 0.15) is 91.2 Å². The van der Waals surface area contributed by atoms with Crippen LogP contribution in [0.4, 0.5) is 9.59 Å². The number of unbranched alkanes of at least 4 members (excludes halogenated alkanes) is 1. The second-order valence-electron chi connectivity index (χ2n) is 17.8. The van der Waals surface area contributed by atoms with Crippen LogP contribution in [-0.2, 0) is 41.6 Å². The van der Waals surface area contributed by atoms with Crippen LogP contribution in [0, 0.1) is 11.3 Å². The van der Waals surface area contributed by atoms with Crippen LogP contribution in [0.25, 0.3) is 0 Å². The molecule has 4 rings (SSSR count). The van der Waals surface area contributed by atoms with Crippen molar-refractivity contribution in [1.82, 2.24) is 36.4 Å². The fraction of sp³-hybridized carbons (Fsp3) is 0.578. The van der Waals surface area contributed by atoms with Crippen LogP contribution in [0.2, 0.25) is 0 Å². The summed E-state index contributed by atoms with van der Waals surface area (Å²) in [5, 5.41) is 23.1. The zero-order valence-electron chi connectivity index (χ0n) is 36.5. The van der Waals surface area contributed by atoms with E-state index in [4.69, 9.17) is 4.74 Å². The van der Waals surface area contributed by atoms with Crippen molar-refractivity contribution < 1.29 is 43.4 Å². The second kappa shape index (κ2) is 22.3. The number of hydrogen-bond acceptors (Lipinski definition) is 8. The van der Waals surface area contributed by atoms with Crippen molar-refractivity contribution in [2.24, 2.45) is 11.3 Å². The third kappa shape index (κ3) is 15.7. The van der Waals surface area contributed by atoms with Crippen LogP contribution < -0.4 is 26.6 Å². The Hall–Kier alpha value is -5.67. The molecular formula is C45H65N7O9. The van der Waals surface area contributed by atoms with Crippen molar-refractivity contribution in [1.29, 1.82) is 0 Å². The minimum Gasteiger partial charge on any atom is -0.465 e. The first-order valence-corrected chi connectivity index (χ1v) is 21.3. The van der Waals surface area contributed by atoms with Gasteiger partial charge in [-0.15, -0.1) is 0 Å².